The summed E-state index contributed by atoms with van der Waals surface area (Å²) in [4.78, 5) is 27.6. The molecule has 1 fully saturated rings. The zero-order valence-corrected chi connectivity index (χ0v) is 16.2. The summed E-state index contributed by atoms with van der Waals surface area (Å²) < 4.78 is 0. The summed E-state index contributed by atoms with van der Waals surface area (Å²) >= 11 is 12.2. The second-order valence-corrected chi connectivity index (χ2v) is 7.38. The molecule has 1 heterocycles. The third-order valence-corrected chi connectivity index (χ3v) is 5.45. The second-order valence-electron chi connectivity index (χ2n) is 6.54. The summed E-state index contributed by atoms with van der Waals surface area (Å²) in [6, 6.07) is 23.0. The Bertz CT molecular complexity index is 999. The average molecular weight is 411 g/mol. The summed E-state index contributed by atoms with van der Waals surface area (Å²) in [7, 11) is 0. The Balaban J connectivity index is 1.79. The molecule has 3 aromatic rings. The lowest BCUT2D eigenvalue weighted by molar-refractivity contribution is -0.130. The standard InChI is InChI=1S/C22H16Cl2N2O2/c23-18-12-11-15(19(24)13-18)14-26-20(27)22(25-21(26)28,16-7-3-1-4-8-16)17-9-5-2-6-10-17/h1-13H,14H2,(H,25,28). The molecule has 0 unspecified atom stereocenters. The fraction of sp³-hybridized carbons (Fsp3) is 0.0909. The molecule has 1 N–H and O–H groups in total. The Hall–Kier alpha value is -2.82. The first kappa shape index (κ1) is 18.5. The molecule has 28 heavy (non-hydrogen) atoms. The molecule has 1 saturated heterocycles. The lowest BCUT2D eigenvalue weighted by Gasteiger charge is -2.28. The molecule has 140 valence electrons. The predicted octanol–water partition coefficient (Wildman–Crippen LogP) is 4.99. The van der Waals surface area contributed by atoms with Crippen molar-refractivity contribution in [1.29, 1.82) is 0 Å². The number of urea groups is 1. The molecule has 0 radical (unpaired) electrons. The van der Waals surface area contributed by atoms with Crippen molar-refractivity contribution >= 4 is 35.1 Å². The maximum absolute atomic E-state index is 13.6. The summed E-state index contributed by atoms with van der Waals surface area (Å²) in [5.41, 5.74) is 0.762. The van der Waals surface area contributed by atoms with E-state index >= 15 is 0 Å². The number of hydrogen-bond donors (Lipinski definition) is 1. The van der Waals surface area contributed by atoms with E-state index in [-0.39, 0.29) is 12.5 Å². The number of amides is 3. The molecule has 0 aromatic heterocycles. The van der Waals surface area contributed by atoms with E-state index in [0.29, 0.717) is 26.7 Å². The number of rotatable bonds is 4. The van der Waals surface area contributed by atoms with Crippen LogP contribution in [0.2, 0.25) is 10.0 Å². The minimum atomic E-state index is -1.28. The van der Waals surface area contributed by atoms with Gasteiger partial charge in [-0.05, 0) is 28.8 Å². The van der Waals surface area contributed by atoms with Crippen LogP contribution in [0.1, 0.15) is 16.7 Å². The lowest BCUT2D eigenvalue weighted by Crippen LogP contribution is -2.45. The van der Waals surface area contributed by atoms with E-state index in [9.17, 15) is 9.59 Å². The molecule has 4 rings (SSSR count). The van der Waals surface area contributed by atoms with Crippen molar-refractivity contribution in [2.24, 2.45) is 0 Å². The van der Waals surface area contributed by atoms with Crippen molar-refractivity contribution < 1.29 is 9.59 Å². The molecular formula is C22H16Cl2N2O2. The fourth-order valence-corrected chi connectivity index (χ4v) is 3.94. The zero-order valence-electron chi connectivity index (χ0n) is 14.7. The van der Waals surface area contributed by atoms with Gasteiger partial charge in [-0.25, -0.2) is 4.79 Å². The minimum Gasteiger partial charge on any atom is -0.315 e. The number of hydrogen-bond acceptors (Lipinski definition) is 2. The van der Waals surface area contributed by atoms with Gasteiger partial charge < -0.3 is 5.32 Å². The van der Waals surface area contributed by atoms with E-state index in [1.807, 2.05) is 60.7 Å². The summed E-state index contributed by atoms with van der Waals surface area (Å²) in [5.74, 6) is -0.346. The highest BCUT2D eigenvalue weighted by Crippen LogP contribution is 2.37. The molecular weight excluding hydrogens is 395 g/mol. The van der Waals surface area contributed by atoms with Gasteiger partial charge in [0.25, 0.3) is 5.91 Å². The molecule has 6 heteroatoms. The summed E-state index contributed by atoms with van der Waals surface area (Å²) in [6.45, 7) is 0.0576. The number of imide groups is 1. The molecule has 1 aliphatic heterocycles. The third-order valence-electron chi connectivity index (χ3n) is 4.86. The van der Waals surface area contributed by atoms with Crippen molar-refractivity contribution in [1.82, 2.24) is 10.2 Å². The van der Waals surface area contributed by atoms with Crippen LogP contribution in [-0.4, -0.2) is 16.8 Å². The SMILES string of the molecule is O=C1NC(c2ccccc2)(c2ccccc2)C(=O)N1Cc1ccc(Cl)cc1Cl. The third kappa shape index (κ3) is 3.05. The van der Waals surface area contributed by atoms with Gasteiger partial charge in [-0.15, -0.1) is 0 Å². The topological polar surface area (TPSA) is 49.4 Å². The fourth-order valence-electron chi connectivity index (χ4n) is 3.47. The highest BCUT2D eigenvalue weighted by molar-refractivity contribution is 6.35. The average Bonchev–Trinajstić information content (AvgIpc) is 2.97. The number of benzene rings is 3. The van der Waals surface area contributed by atoms with E-state index in [1.165, 1.54) is 4.90 Å². The van der Waals surface area contributed by atoms with E-state index in [1.54, 1.807) is 18.2 Å². The first-order chi connectivity index (χ1) is 13.5. The normalized spacial score (nSPS) is 15.6. The second kappa shape index (κ2) is 7.30. The van der Waals surface area contributed by atoms with Crippen LogP contribution in [0.15, 0.2) is 78.9 Å². The molecule has 3 aromatic carbocycles. The Morgan fingerprint density at radius 2 is 1.39 bits per heavy atom. The molecule has 0 saturated carbocycles. The first-order valence-corrected chi connectivity index (χ1v) is 9.47. The number of halogens is 2. The smallest absolute Gasteiger partial charge is 0.315 e. The van der Waals surface area contributed by atoms with Gasteiger partial charge in [0.05, 0.1) is 6.54 Å². The molecule has 1 aliphatic rings. The number of nitrogens with one attached hydrogen (secondary N) is 1. The molecule has 3 amide bonds. The van der Waals surface area contributed by atoms with E-state index < -0.39 is 11.6 Å². The van der Waals surface area contributed by atoms with Gasteiger partial charge >= 0.3 is 6.03 Å². The molecule has 0 bridgehead atoms. The molecule has 0 atom stereocenters. The van der Waals surface area contributed by atoms with Crippen molar-refractivity contribution in [3.05, 3.63) is 106 Å². The Kier molecular flexibility index (Phi) is 4.84. The molecule has 4 nitrogen and oxygen atoms in total. The van der Waals surface area contributed by atoms with Gasteiger partial charge in [0.2, 0.25) is 0 Å². The van der Waals surface area contributed by atoms with Crippen molar-refractivity contribution in [2.45, 2.75) is 12.1 Å². The Morgan fingerprint density at radius 3 is 1.93 bits per heavy atom. The number of carbonyl (C=O) groups excluding carboxylic acids is 2. The van der Waals surface area contributed by atoms with Gasteiger partial charge in [-0.3, -0.25) is 9.69 Å². The van der Waals surface area contributed by atoms with Crippen LogP contribution in [0, 0.1) is 0 Å². The highest BCUT2D eigenvalue weighted by Gasteiger charge is 2.53. The molecule has 0 aliphatic carbocycles. The maximum atomic E-state index is 13.6. The van der Waals surface area contributed by atoms with Crippen LogP contribution in [0.4, 0.5) is 4.79 Å². The van der Waals surface area contributed by atoms with Crippen molar-refractivity contribution in [2.75, 3.05) is 0 Å². The summed E-state index contributed by atoms with van der Waals surface area (Å²) in [5, 5.41) is 3.82. The van der Waals surface area contributed by atoms with Gasteiger partial charge in [-0.2, -0.15) is 0 Å². The van der Waals surface area contributed by atoms with Gasteiger partial charge in [-0.1, -0.05) is 89.9 Å². The lowest BCUT2D eigenvalue weighted by atomic mass is 9.82. The van der Waals surface area contributed by atoms with Crippen LogP contribution >= 0.6 is 23.2 Å². The highest BCUT2D eigenvalue weighted by atomic mass is 35.5. The van der Waals surface area contributed by atoms with Crippen molar-refractivity contribution in [3.63, 3.8) is 0 Å². The maximum Gasteiger partial charge on any atom is 0.325 e. The van der Waals surface area contributed by atoms with E-state index in [4.69, 9.17) is 23.2 Å². The Morgan fingerprint density at radius 1 is 0.821 bits per heavy atom. The van der Waals surface area contributed by atoms with Gasteiger partial charge in [0.1, 0.15) is 0 Å². The van der Waals surface area contributed by atoms with E-state index in [0.717, 1.165) is 0 Å². The van der Waals surface area contributed by atoms with E-state index in [2.05, 4.69) is 5.32 Å². The number of carbonyl (C=O) groups is 2. The first-order valence-electron chi connectivity index (χ1n) is 8.71. The van der Waals surface area contributed by atoms with Crippen LogP contribution in [0.3, 0.4) is 0 Å². The monoisotopic (exact) mass is 410 g/mol. The Labute approximate surface area is 172 Å². The van der Waals surface area contributed by atoms with Crippen LogP contribution in [0.5, 0.6) is 0 Å². The zero-order chi connectivity index (χ0) is 19.7. The molecule has 0 spiro atoms. The van der Waals surface area contributed by atoms with Crippen molar-refractivity contribution in [3.8, 4) is 0 Å². The predicted molar refractivity (Wildman–Crippen MR) is 109 cm³/mol. The number of nitrogens with zero attached hydrogens (tertiary/aromatic N) is 1. The largest absolute Gasteiger partial charge is 0.325 e. The van der Waals surface area contributed by atoms with Crippen LogP contribution in [-0.2, 0) is 16.9 Å². The van der Waals surface area contributed by atoms with Gasteiger partial charge in [0.15, 0.2) is 5.54 Å². The van der Waals surface area contributed by atoms with Crippen LogP contribution < -0.4 is 5.32 Å². The minimum absolute atomic E-state index is 0.0576. The summed E-state index contributed by atoms with van der Waals surface area (Å²) in [6.07, 6.45) is 0. The van der Waals surface area contributed by atoms with Crippen LogP contribution in [0.25, 0.3) is 0 Å². The quantitative estimate of drug-likeness (QED) is 0.615. The van der Waals surface area contributed by atoms with Gasteiger partial charge in [0, 0.05) is 10.0 Å².